The van der Waals surface area contributed by atoms with Gasteiger partial charge in [0.05, 0.1) is 0 Å². The molecule has 0 bridgehead atoms. The first-order valence-corrected chi connectivity index (χ1v) is 5.09. The van der Waals surface area contributed by atoms with Gasteiger partial charge in [-0.15, -0.1) is 0 Å². The van der Waals surface area contributed by atoms with E-state index in [1.54, 1.807) is 0 Å². The molecule has 1 aromatic carbocycles. The first kappa shape index (κ1) is 13.5. The Hall–Kier alpha value is -1.53. The van der Waals surface area contributed by atoms with Gasteiger partial charge in [-0.2, -0.15) is 0 Å². The average molecular weight is 244 g/mol. The number of carboxylic acid groups (broad SMARTS) is 1. The summed E-state index contributed by atoms with van der Waals surface area (Å²) in [6.07, 6.45) is 0. The molecule has 94 valence electrons. The number of halogens is 2. The largest absolute Gasteiger partial charge is 0.480 e. The van der Waals surface area contributed by atoms with E-state index in [2.05, 4.69) is 10.6 Å². The molecule has 0 aliphatic heterocycles. The normalized spacial score (nSPS) is 12.4. The molecule has 1 atom stereocenters. The number of nitrogens with one attached hydrogen (secondary N) is 2. The molecule has 0 radical (unpaired) electrons. The smallest absolute Gasteiger partial charge is 0.322 e. The van der Waals surface area contributed by atoms with Crippen molar-refractivity contribution in [2.24, 2.45) is 0 Å². The molecular formula is C11H14F2N2O2. The third-order valence-corrected chi connectivity index (χ3v) is 2.31. The standard InChI is InChI=1S/C11H14F2N2O2/c1-14-10(11(16)17)6-15-5-7-2-3-8(12)9(13)4-7/h2-4,10,14-15H,5-6H2,1H3,(H,16,17). The highest BCUT2D eigenvalue weighted by Gasteiger charge is 2.13. The van der Waals surface area contributed by atoms with Crippen molar-refractivity contribution in [2.45, 2.75) is 12.6 Å². The molecule has 0 heterocycles. The van der Waals surface area contributed by atoms with Gasteiger partial charge < -0.3 is 15.7 Å². The maximum atomic E-state index is 12.9. The Labute approximate surface area is 97.6 Å². The van der Waals surface area contributed by atoms with Crippen LogP contribution in [0, 0.1) is 11.6 Å². The molecular weight excluding hydrogens is 230 g/mol. The van der Waals surface area contributed by atoms with Crippen molar-refractivity contribution >= 4 is 5.97 Å². The van der Waals surface area contributed by atoms with E-state index in [4.69, 9.17) is 5.11 Å². The van der Waals surface area contributed by atoms with Gasteiger partial charge >= 0.3 is 5.97 Å². The lowest BCUT2D eigenvalue weighted by atomic mass is 10.2. The summed E-state index contributed by atoms with van der Waals surface area (Å²) >= 11 is 0. The van der Waals surface area contributed by atoms with Gasteiger partial charge in [0.25, 0.3) is 0 Å². The minimum absolute atomic E-state index is 0.199. The fourth-order valence-electron chi connectivity index (χ4n) is 1.32. The van der Waals surface area contributed by atoms with Crippen molar-refractivity contribution in [3.05, 3.63) is 35.4 Å². The second-order valence-corrected chi connectivity index (χ2v) is 3.56. The summed E-state index contributed by atoms with van der Waals surface area (Å²) in [6.45, 7) is 0.480. The zero-order valence-corrected chi connectivity index (χ0v) is 9.34. The average Bonchev–Trinajstić information content (AvgIpc) is 2.28. The molecule has 0 aliphatic carbocycles. The van der Waals surface area contributed by atoms with Crippen LogP contribution < -0.4 is 10.6 Å². The van der Waals surface area contributed by atoms with Crippen LogP contribution in [0.3, 0.4) is 0 Å². The topological polar surface area (TPSA) is 61.4 Å². The molecule has 1 rings (SSSR count). The molecule has 1 aromatic rings. The van der Waals surface area contributed by atoms with E-state index in [9.17, 15) is 13.6 Å². The van der Waals surface area contributed by atoms with Gasteiger partial charge in [0.15, 0.2) is 11.6 Å². The Morgan fingerprint density at radius 2 is 2.12 bits per heavy atom. The number of rotatable bonds is 6. The molecule has 0 amide bonds. The lowest BCUT2D eigenvalue weighted by Gasteiger charge is -2.12. The molecule has 6 heteroatoms. The number of carbonyl (C=O) groups is 1. The number of hydrogen-bond acceptors (Lipinski definition) is 3. The SMILES string of the molecule is CNC(CNCc1ccc(F)c(F)c1)C(=O)O. The maximum absolute atomic E-state index is 12.9. The summed E-state index contributed by atoms with van der Waals surface area (Å²) in [4.78, 5) is 10.7. The van der Waals surface area contributed by atoms with Crippen LogP contribution in [0.5, 0.6) is 0 Å². The van der Waals surface area contributed by atoms with E-state index in [0.29, 0.717) is 5.56 Å². The summed E-state index contributed by atoms with van der Waals surface area (Å²) < 4.78 is 25.5. The number of aliphatic carboxylic acids is 1. The lowest BCUT2D eigenvalue weighted by molar-refractivity contribution is -0.139. The van der Waals surface area contributed by atoms with E-state index >= 15 is 0 Å². The minimum Gasteiger partial charge on any atom is -0.480 e. The van der Waals surface area contributed by atoms with Crippen LogP contribution in [-0.4, -0.2) is 30.7 Å². The van der Waals surface area contributed by atoms with Gasteiger partial charge in [0, 0.05) is 13.1 Å². The number of hydrogen-bond donors (Lipinski definition) is 3. The molecule has 4 nitrogen and oxygen atoms in total. The highest BCUT2D eigenvalue weighted by molar-refractivity contribution is 5.73. The van der Waals surface area contributed by atoms with Crippen LogP contribution in [0.2, 0.25) is 0 Å². The van der Waals surface area contributed by atoms with Gasteiger partial charge in [0.2, 0.25) is 0 Å². The van der Waals surface area contributed by atoms with Crippen molar-refractivity contribution < 1.29 is 18.7 Å². The van der Waals surface area contributed by atoms with E-state index in [1.807, 2.05) is 0 Å². The third kappa shape index (κ3) is 4.08. The van der Waals surface area contributed by atoms with Crippen molar-refractivity contribution in [1.82, 2.24) is 10.6 Å². The van der Waals surface area contributed by atoms with E-state index in [-0.39, 0.29) is 13.1 Å². The molecule has 0 fully saturated rings. The summed E-state index contributed by atoms with van der Waals surface area (Å²) in [5, 5.41) is 14.2. The Morgan fingerprint density at radius 1 is 1.41 bits per heavy atom. The lowest BCUT2D eigenvalue weighted by Crippen LogP contribution is -2.42. The van der Waals surface area contributed by atoms with Gasteiger partial charge in [0.1, 0.15) is 6.04 Å². The van der Waals surface area contributed by atoms with E-state index in [1.165, 1.54) is 13.1 Å². The molecule has 0 aliphatic rings. The second-order valence-electron chi connectivity index (χ2n) is 3.56. The second kappa shape index (κ2) is 6.27. The van der Waals surface area contributed by atoms with Crippen molar-refractivity contribution in [1.29, 1.82) is 0 Å². The maximum Gasteiger partial charge on any atom is 0.322 e. The zero-order chi connectivity index (χ0) is 12.8. The van der Waals surface area contributed by atoms with Crippen LogP contribution in [0.25, 0.3) is 0 Å². The summed E-state index contributed by atoms with van der Waals surface area (Å²) in [5.41, 5.74) is 0.559. The Balaban J connectivity index is 2.45. The highest BCUT2D eigenvalue weighted by Crippen LogP contribution is 2.08. The van der Waals surface area contributed by atoms with Gasteiger partial charge in [-0.3, -0.25) is 4.79 Å². The zero-order valence-electron chi connectivity index (χ0n) is 9.34. The summed E-state index contributed by atoms with van der Waals surface area (Å²) in [7, 11) is 1.54. The van der Waals surface area contributed by atoms with Crippen LogP contribution >= 0.6 is 0 Å². The Morgan fingerprint density at radius 3 is 2.65 bits per heavy atom. The number of carboxylic acids is 1. The van der Waals surface area contributed by atoms with Gasteiger partial charge in [-0.25, -0.2) is 8.78 Å². The molecule has 17 heavy (non-hydrogen) atoms. The van der Waals surface area contributed by atoms with Gasteiger partial charge in [-0.05, 0) is 24.7 Å². The predicted molar refractivity (Wildman–Crippen MR) is 58.5 cm³/mol. The fraction of sp³-hybridized carbons (Fsp3) is 0.364. The van der Waals surface area contributed by atoms with Crippen LogP contribution in [-0.2, 0) is 11.3 Å². The Kier molecular flexibility index (Phi) is 4.99. The van der Waals surface area contributed by atoms with E-state index < -0.39 is 23.6 Å². The minimum atomic E-state index is -0.967. The molecule has 0 saturated carbocycles. The summed E-state index contributed by atoms with van der Waals surface area (Å²) in [6, 6.07) is 2.86. The monoisotopic (exact) mass is 244 g/mol. The first-order valence-electron chi connectivity index (χ1n) is 5.09. The quantitative estimate of drug-likeness (QED) is 0.690. The highest BCUT2D eigenvalue weighted by atomic mass is 19.2. The molecule has 1 unspecified atom stereocenters. The number of benzene rings is 1. The van der Waals surface area contributed by atoms with Crippen molar-refractivity contribution in [3.63, 3.8) is 0 Å². The predicted octanol–water partition coefficient (Wildman–Crippen LogP) is 0.727. The van der Waals surface area contributed by atoms with Gasteiger partial charge in [-0.1, -0.05) is 6.07 Å². The van der Waals surface area contributed by atoms with Crippen molar-refractivity contribution in [3.8, 4) is 0 Å². The van der Waals surface area contributed by atoms with Crippen molar-refractivity contribution in [2.75, 3.05) is 13.6 Å². The summed E-state index contributed by atoms with van der Waals surface area (Å²) in [5.74, 6) is -2.77. The molecule has 3 N–H and O–H groups in total. The van der Waals surface area contributed by atoms with E-state index in [0.717, 1.165) is 12.1 Å². The molecule has 0 aromatic heterocycles. The van der Waals surface area contributed by atoms with Crippen LogP contribution in [0.1, 0.15) is 5.56 Å². The molecule has 0 spiro atoms. The fourth-order valence-corrected chi connectivity index (χ4v) is 1.32. The van der Waals surface area contributed by atoms with Crippen LogP contribution in [0.15, 0.2) is 18.2 Å². The first-order chi connectivity index (χ1) is 8.04. The third-order valence-electron chi connectivity index (χ3n) is 2.31. The Bertz CT molecular complexity index is 399. The number of likely N-dealkylation sites (N-methyl/N-ethyl adjacent to an activating group) is 1. The van der Waals surface area contributed by atoms with Crippen LogP contribution in [0.4, 0.5) is 8.78 Å². The molecule has 0 saturated heterocycles.